The third-order valence-electron chi connectivity index (χ3n) is 5.43. The second kappa shape index (κ2) is 7.52. The zero-order chi connectivity index (χ0) is 17.2. The van der Waals surface area contributed by atoms with Crippen molar-refractivity contribution in [2.45, 2.75) is 44.9 Å². The average molecular weight is 332 g/mol. The zero-order valence-electron chi connectivity index (χ0n) is 15.5. The van der Waals surface area contributed by atoms with Crippen molar-refractivity contribution in [3.63, 3.8) is 0 Å². The summed E-state index contributed by atoms with van der Waals surface area (Å²) in [4.78, 5) is 7.73. The van der Waals surface area contributed by atoms with Crippen LogP contribution < -0.4 is 0 Å². The number of aliphatic hydroxyl groups is 1. The SMILES string of the molecule is CN1CCN2CCN(Cc3ccc(CCC(C)(C)O)cc3)C[C@H]2C1. The van der Waals surface area contributed by atoms with Crippen LogP contribution in [-0.4, -0.2) is 77.8 Å². The van der Waals surface area contributed by atoms with Crippen molar-refractivity contribution >= 4 is 0 Å². The van der Waals surface area contributed by atoms with E-state index in [9.17, 15) is 5.11 Å². The maximum Gasteiger partial charge on any atom is 0.0594 e. The zero-order valence-corrected chi connectivity index (χ0v) is 15.5. The van der Waals surface area contributed by atoms with Gasteiger partial charge in [0, 0.05) is 51.9 Å². The lowest BCUT2D eigenvalue weighted by molar-refractivity contribution is 0.0175. The molecule has 3 rings (SSSR count). The van der Waals surface area contributed by atoms with Crippen molar-refractivity contribution in [2.75, 3.05) is 46.3 Å². The molecule has 2 aliphatic heterocycles. The predicted octanol–water partition coefficient (Wildman–Crippen LogP) is 1.82. The number of aryl methyl sites for hydroxylation is 1. The Morgan fingerprint density at radius 1 is 1.00 bits per heavy atom. The Morgan fingerprint density at radius 2 is 1.67 bits per heavy atom. The van der Waals surface area contributed by atoms with Crippen molar-refractivity contribution in [2.24, 2.45) is 0 Å². The average Bonchev–Trinajstić information content (AvgIpc) is 2.53. The molecule has 134 valence electrons. The highest BCUT2D eigenvalue weighted by molar-refractivity contribution is 5.23. The minimum Gasteiger partial charge on any atom is -0.390 e. The van der Waals surface area contributed by atoms with E-state index in [4.69, 9.17) is 0 Å². The molecule has 4 heteroatoms. The number of fused-ring (bicyclic) bond motifs is 1. The second-order valence-electron chi connectivity index (χ2n) is 8.32. The van der Waals surface area contributed by atoms with Crippen molar-refractivity contribution in [1.82, 2.24) is 14.7 Å². The molecule has 2 aliphatic rings. The number of rotatable bonds is 5. The van der Waals surface area contributed by atoms with Crippen LogP contribution in [0.3, 0.4) is 0 Å². The second-order valence-corrected chi connectivity index (χ2v) is 8.32. The van der Waals surface area contributed by atoms with Gasteiger partial charge in [0.05, 0.1) is 5.60 Å². The highest BCUT2D eigenvalue weighted by Crippen LogP contribution is 2.18. The normalized spacial score (nSPS) is 24.1. The highest BCUT2D eigenvalue weighted by atomic mass is 16.3. The summed E-state index contributed by atoms with van der Waals surface area (Å²) in [6.45, 7) is 12.0. The molecule has 1 aromatic carbocycles. The Balaban J connectivity index is 1.51. The van der Waals surface area contributed by atoms with E-state index in [1.165, 1.54) is 50.4 Å². The number of benzene rings is 1. The molecule has 0 amide bonds. The molecule has 4 nitrogen and oxygen atoms in total. The minimum atomic E-state index is -0.578. The first-order chi connectivity index (χ1) is 11.4. The molecule has 0 aliphatic carbocycles. The van der Waals surface area contributed by atoms with Crippen molar-refractivity contribution in [1.29, 1.82) is 0 Å². The minimum absolute atomic E-state index is 0.578. The molecule has 1 atom stereocenters. The predicted molar refractivity (Wildman–Crippen MR) is 99.2 cm³/mol. The van der Waals surface area contributed by atoms with Gasteiger partial charge < -0.3 is 10.0 Å². The Bertz CT molecular complexity index is 523. The van der Waals surface area contributed by atoms with Gasteiger partial charge in [0.1, 0.15) is 0 Å². The largest absolute Gasteiger partial charge is 0.390 e. The van der Waals surface area contributed by atoms with Gasteiger partial charge in [-0.2, -0.15) is 0 Å². The summed E-state index contributed by atoms with van der Waals surface area (Å²) in [6.07, 6.45) is 1.75. The summed E-state index contributed by atoms with van der Waals surface area (Å²) < 4.78 is 0. The van der Waals surface area contributed by atoms with Crippen LogP contribution in [0.25, 0.3) is 0 Å². The van der Waals surface area contributed by atoms with E-state index < -0.39 is 5.60 Å². The lowest BCUT2D eigenvalue weighted by atomic mass is 9.98. The molecule has 0 saturated carbocycles. The first kappa shape index (κ1) is 17.9. The van der Waals surface area contributed by atoms with E-state index in [1.54, 1.807) is 0 Å². The van der Waals surface area contributed by atoms with Crippen LogP contribution >= 0.6 is 0 Å². The number of piperazine rings is 2. The van der Waals surface area contributed by atoms with E-state index in [0.717, 1.165) is 19.4 Å². The van der Waals surface area contributed by atoms with Gasteiger partial charge >= 0.3 is 0 Å². The van der Waals surface area contributed by atoms with Crippen molar-refractivity contribution in [3.05, 3.63) is 35.4 Å². The Morgan fingerprint density at radius 3 is 2.38 bits per heavy atom. The number of nitrogens with zero attached hydrogens (tertiary/aromatic N) is 3. The van der Waals surface area contributed by atoms with E-state index >= 15 is 0 Å². The molecule has 0 unspecified atom stereocenters. The van der Waals surface area contributed by atoms with Crippen LogP contribution in [0.5, 0.6) is 0 Å². The summed E-state index contributed by atoms with van der Waals surface area (Å²) in [5.74, 6) is 0. The van der Waals surface area contributed by atoms with E-state index in [2.05, 4.69) is 46.0 Å². The smallest absolute Gasteiger partial charge is 0.0594 e. The van der Waals surface area contributed by atoms with Crippen LogP contribution in [-0.2, 0) is 13.0 Å². The van der Waals surface area contributed by atoms with E-state index in [-0.39, 0.29) is 0 Å². The first-order valence-electron chi connectivity index (χ1n) is 9.34. The monoisotopic (exact) mass is 331 g/mol. The summed E-state index contributed by atoms with van der Waals surface area (Å²) in [7, 11) is 2.24. The van der Waals surface area contributed by atoms with Gasteiger partial charge in [-0.3, -0.25) is 9.80 Å². The van der Waals surface area contributed by atoms with Gasteiger partial charge in [0.25, 0.3) is 0 Å². The summed E-state index contributed by atoms with van der Waals surface area (Å²) in [6, 6.07) is 9.68. The molecule has 0 spiro atoms. The maximum atomic E-state index is 9.85. The molecule has 1 aromatic rings. The van der Waals surface area contributed by atoms with Gasteiger partial charge in [0.2, 0.25) is 0 Å². The van der Waals surface area contributed by atoms with Crippen LogP contribution in [0.2, 0.25) is 0 Å². The van der Waals surface area contributed by atoms with Gasteiger partial charge in [-0.05, 0) is 44.9 Å². The quantitative estimate of drug-likeness (QED) is 0.891. The highest BCUT2D eigenvalue weighted by Gasteiger charge is 2.30. The lowest BCUT2D eigenvalue weighted by Gasteiger charge is -2.46. The van der Waals surface area contributed by atoms with E-state index in [0.29, 0.717) is 6.04 Å². The standard InChI is InChI=1S/C20H33N3O/c1-20(2,24)9-8-17-4-6-18(7-5-17)14-22-11-13-23-12-10-21(3)15-19(23)16-22/h4-7,19,24H,8-16H2,1-3H3/t19-/m1/s1. The third kappa shape index (κ3) is 5.03. The maximum absolute atomic E-state index is 9.85. The molecular formula is C20H33N3O. The molecule has 2 heterocycles. The number of hydrogen-bond donors (Lipinski definition) is 1. The fraction of sp³-hybridized carbons (Fsp3) is 0.700. The van der Waals surface area contributed by atoms with Crippen LogP contribution in [0.15, 0.2) is 24.3 Å². The molecule has 1 N–H and O–H groups in total. The topological polar surface area (TPSA) is 30.0 Å². The molecule has 0 aromatic heterocycles. The van der Waals surface area contributed by atoms with Gasteiger partial charge in [-0.15, -0.1) is 0 Å². The summed E-state index contributed by atoms with van der Waals surface area (Å²) in [5, 5.41) is 9.85. The fourth-order valence-electron chi connectivity index (χ4n) is 3.84. The lowest BCUT2D eigenvalue weighted by Crippen LogP contribution is -2.60. The van der Waals surface area contributed by atoms with Crippen molar-refractivity contribution in [3.8, 4) is 0 Å². The van der Waals surface area contributed by atoms with Crippen molar-refractivity contribution < 1.29 is 5.11 Å². The number of hydrogen-bond acceptors (Lipinski definition) is 4. The molecule has 2 saturated heterocycles. The van der Waals surface area contributed by atoms with Gasteiger partial charge in [0.15, 0.2) is 0 Å². The Kier molecular flexibility index (Phi) is 5.60. The Labute approximate surface area is 147 Å². The molecule has 0 bridgehead atoms. The summed E-state index contributed by atoms with van der Waals surface area (Å²) in [5.41, 5.74) is 2.14. The molecular weight excluding hydrogens is 298 g/mol. The van der Waals surface area contributed by atoms with Crippen LogP contribution in [0.4, 0.5) is 0 Å². The van der Waals surface area contributed by atoms with Crippen LogP contribution in [0, 0.1) is 0 Å². The molecule has 0 radical (unpaired) electrons. The molecule has 24 heavy (non-hydrogen) atoms. The fourth-order valence-corrected chi connectivity index (χ4v) is 3.84. The van der Waals surface area contributed by atoms with Gasteiger partial charge in [-0.25, -0.2) is 0 Å². The van der Waals surface area contributed by atoms with Gasteiger partial charge in [-0.1, -0.05) is 24.3 Å². The van der Waals surface area contributed by atoms with Crippen LogP contribution in [0.1, 0.15) is 31.4 Å². The molecule has 2 fully saturated rings. The number of likely N-dealkylation sites (N-methyl/N-ethyl adjacent to an activating group) is 1. The summed E-state index contributed by atoms with van der Waals surface area (Å²) >= 11 is 0. The third-order valence-corrected chi connectivity index (χ3v) is 5.43. The first-order valence-corrected chi connectivity index (χ1v) is 9.34. The Hall–Kier alpha value is -0.940. The van der Waals surface area contributed by atoms with E-state index in [1.807, 2.05) is 13.8 Å².